The van der Waals surface area contributed by atoms with Crippen LogP contribution in [0.1, 0.15) is 39.7 Å². The highest BCUT2D eigenvalue weighted by Crippen LogP contribution is 2.18. The van der Waals surface area contributed by atoms with Crippen LogP contribution in [0.5, 0.6) is 0 Å². The minimum Gasteiger partial charge on any atom is -0.363 e. The predicted molar refractivity (Wildman–Crippen MR) is 77.9 cm³/mol. The Hall–Kier alpha value is -1.39. The lowest BCUT2D eigenvalue weighted by Gasteiger charge is -2.27. The molecule has 0 spiro atoms. The molecule has 106 valence electrons. The van der Waals surface area contributed by atoms with Gasteiger partial charge in [0.2, 0.25) is 0 Å². The molecule has 3 N–H and O–H groups in total. The summed E-state index contributed by atoms with van der Waals surface area (Å²) in [6.45, 7) is 8.15. The molecule has 19 heavy (non-hydrogen) atoms. The fourth-order valence-electron chi connectivity index (χ4n) is 1.67. The van der Waals surface area contributed by atoms with Crippen molar-refractivity contribution >= 4 is 11.6 Å². The maximum Gasteiger partial charge on any atom is 0.253 e. The summed E-state index contributed by atoms with van der Waals surface area (Å²) < 4.78 is 5.75. The Labute approximate surface area is 115 Å². The molecule has 0 heterocycles. The summed E-state index contributed by atoms with van der Waals surface area (Å²) in [6.07, 6.45) is 0.352. The summed E-state index contributed by atoms with van der Waals surface area (Å²) in [4.78, 5) is 12.1. The van der Waals surface area contributed by atoms with Gasteiger partial charge < -0.3 is 15.8 Å². The second-order valence-electron chi connectivity index (χ2n) is 5.22. The summed E-state index contributed by atoms with van der Waals surface area (Å²) in [5.74, 6) is -0.151. The Bertz CT molecular complexity index is 430. The molecule has 0 bridgehead atoms. The molecule has 0 saturated heterocycles. The zero-order valence-corrected chi connectivity index (χ0v) is 12.2. The van der Waals surface area contributed by atoms with E-state index in [1.807, 2.05) is 45.0 Å². The fraction of sp³-hybridized carbons (Fsp3) is 0.533. The van der Waals surface area contributed by atoms with Crippen LogP contribution in [0.2, 0.25) is 0 Å². The standard InChI is InChI=1S/C15H24N2O2/c1-5-15(3,4)19-11(2)14(18)17-13-9-7-6-8-12(13)10-16/h6-9,11H,5,10,16H2,1-4H3,(H,17,18). The Morgan fingerprint density at radius 1 is 1.42 bits per heavy atom. The van der Waals surface area contributed by atoms with Crippen LogP contribution in [0.4, 0.5) is 5.69 Å². The number of hydrogen-bond acceptors (Lipinski definition) is 3. The van der Waals surface area contributed by atoms with Gasteiger partial charge in [0.1, 0.15) is 6.10 Å². The number of hydrogen-bond donors (Lipinski definition) is 2. The number of carbonyl (C=O) groups is 1. The van der Waals surface area contributed by atoms with E-state index in [-0.39, 0.29) is 11.5 Å². The number of carbonyl (C=O) groups excluding carboxylic acids is 1. The summed E-state index contributed by atoms with van der Waals surface area (Å²) in [6, 6.07) is 7.52. The van der Waals surface area contributed by atoms with Crippen LogP contribution in [0.25, 0.3) is 0 Å². The van der Waals surface area contributed by atoms with Crippen molar-refractivity contribution in [2.75, 3.05) is 5.32 Å². The normalized spacial score (nSPS) is 13.1. The number of nitrogens with two attached hydrogens (primary N) is 1. The molecule has 4 nitrogen and oxygen atoms in total. The van der Waals surface area contributed by atoms with Gasteiger partial charge in [-0.3, -0.25) is 4.79 Å². The van der Waals surface area contributed by atoms with Gasteiger partial charge in [-0.05, 0) is 38.8 Å². The molecule has 0 aromatic heterocycles. The van der Waals surface area contributed by atoms with Crippen molar-refractivity contribution in [3.63, 3.8) is 0 Å². The zero-order chi connectivity index (χ0) is 14.5. The average Bonchev–Trinajstić information content (AvgIpc) is 2.38. The third-order valence-electron chi connectivity index (χ3n) is 3.21. The Balaban J connectivity index is 2.69. The van der Waals surface area contributed by atoms with E-state index in [1.54, 1.807) is 6.92 Å². The zero-order valence-electron chi connectivity index (χ0n) is 12.2. The van der Waals surface area contributed by atoms with Crippen molar-refractivity contribution in [3.8, 4) is 0 Å². The van der Waals surface area contributed by atoms with Crippen molar-refractivity contribution in [2.45, 2.75) is 52.4 Å². The van der Waals surface area contributed by atoms with Crippen LogP contribution in [-0.4, -0.2) is 17.6 Å². The first-order valence-corrected chi connectivity index (χ1v) is 6.66. The van der Waals surface area contributed by atoms with Gasteiger partial charge in [0, 0.05) is 12.2 Å². The van der Waals surface area contributed by atoms with Crippen LogP contribution in [0.15, 0.2) is 24.3 Å². The molecule has 0 fully saturated rings. The molecular weight excluding hydrogens is 240 g/mol. The summed E-state index contributed by atoms with van der Waals surface area (Å²) in [5, 5.41) is 2.86. The third-order valence-corrected chi connectivity index (χ3v) is 3.21. The summed E-state index contributed by atoms with van der Waals surface area (Å²) >= 11 is 0. The Morgan fingerprint density at radius 3 is 2.63 bits per heavy atom. The lowest BCUT2D eigenvalue weighted by atomic mass is 10.1. The van der Waals surface area contributed by atoms with Gasteiger partial charge in [-0.2, -0.15) is 0 Å². The largest absolute Gasteiger partial charge is 0.363 e. The highest BCUT2D eigenvalue weighted by molar-refractivity contribution is 5.94. The molecule has 1 unspecified atom stereocenters. The van der Waals surface area contributed by atoms with Crippen molar-refractivity contribution in [1.82, 2.24) is 0 Å². The maximum absolute atomic E-state index is 12.1. The van der Waals surface area contributed by atoms with Gasteiger partial charge in [-0.1, -0.05) is 25.1 Å². The summed E-state index contributed by atoms with van der Waals surface area (Å²) in [5.41, 5.74) is 7.01. The monoisotopic (exact) mass is 264 g/mol. The number of benzene rings is 1. The lowest BCUT2D eigenvalue weighted by molar-refractivity contribution is -0.137. The number of nitrogens with one attached hydrogen (secondary N) is 1. The van der Waals surface area contributed by atoms with E-state index < -0.39 is 6.10 Å². The molecule has 0 radical (unpaired) electrons. The van der Waals surface area contributed by atoms with Crippen molar-refractivity contribution in [2.24, 2.45) is 5.73 Å². The molecule has 0 aliphatic heterocycles. The molecule has 1 amide bonds. The van der Waals surface area contributed by atoms with Crippen molar-refractivity contribution in [3.05, 3.63) is 29.8 Å². The smallest absolute Gasteiger partial charge is 0.253 e. The van der Waals surface area contributed by atoms with E-state index in [4.69, 9.17) is 10.5 Å². The van der Waals surface area contributed by atoms with E-state index >= 15 is 0 Å². The van der Waals surface area contributed by atoms with Crippen LogP contribution >= 0.6 is 0 Å². The quantitative estimate of drug-likeness (QED) is 0.830. The van der Waals surface area contributed by atoms with Crippen molar-refractivity contribution < 1.29 is 9.53 Å². The van der Waals surface area contributed by atoms with Crippen LogP contribution in [0.3, 0.4) is 0 Å². The number of anilines is 1. The maximum atomic E-state index is 12.1. The van der Waals surface area contributed by atoms with E-state index in [0.717, 1.165) is 17.7 Å². The first-order valence-electron chi connectivity index (χ1n) is 6.66. The van der Waals surface area contributed by atoms with Gasteiger partial charge in [0.25, 0.3) is 5.91 Å². The minimum absolute atomic E-state index is 0.151. The second-order valence-corrected chi connectivity index (χ2v) is 5.22. The molecule has 1 aromatic carbocycles. The first-order chi connectivity index (χ1) is 8.89. The SMILES string of the molecule is CCC(C)(C)OC(C)C(=O)Nc1ccccc1CN. The lowest BCUT2D eigenvalue weighted by Crippen LogP contribution is -2.36. The minimum atomic E-state index is -0.499. The average molecular weight is 264 g/mol. The van der Waals surface area contributed by atoms with Crippen molar-refractivity contribution in [1.29, 1.82) is 0 Å². The highest BCUT2D eigenvalue weighted by atomic mass is 16.5. The number of para-hydroxylation sites is 1. The van der Waals surface area contributed by atoms with Gasteiger partial charge in [0.15, 0.2) is 0 Å². The number of rotatable bonds is 6. The number of amides is 1. The molecular formula is C15H24N2O2. The molecule has 1 aromatic rings. The molecule has 4 heteroatoms. The number of ether oxygens (including phenoxy) is 1. The highest BCUT2D eigenvalue weighted by Gasteiger charge is 2.23. The van der Waals surface area contributed by atoms with E-state index in [9.17, 15) is 4.79 Å². The third kappa shape index (κ3) is 4.65. The first kappa shape index (κ1) is 15.7. The van der Waals surface area contributed by atoms with Gasteiger partial charge in [0.05, 0.1) is 5.60 Å². The molecule has 0 saturated carbocycles. The van der Waals surface area contributed by atoms with Crippen LogP contribution < -0.4 is 11.1 Å². The Kier molecular flexibility index (Phi) is 5.51. The van der Waals surface area contributed by atoms with Crippen LogP contribution in [-0.2, 0) is 16.1 Å². The van der Waals surface area contributed by atoms with Crippen LogP contribution in [0, 0.1) is 0 Å². The van der Waals surface area contributed by atoms with E-state index in [2.05, 4.69) is 5.32 Å². The van der Waals surface area contributed by atoms with Gasteiger partial charge >= 0.3 is 0 Å². The summed E-state index contributed by atoms with van der Waals surface area (Å²) in [7, 11) is 0. The predicted octanol–water partition coefficient (Wildman–Crippen LogP) is 2.68. The molecule has 0 aliphatic rings. The molecule has 1 atom stereocenters. The molecule has 0 aliphatic carbocycles. The molecule has 1 rings (SSSR count). The Morgan fingerprint density at radius 2 is 2.05 bits per heavy atom. The van der Waals surface area contributed by atoms with E-state index in [1.165, 1.54) is 0 Å². The van der Waals surface area contributed by atoms with Gasteiger partial charge in [-0.25, -0.2) is 0 Å². The fourth-order valence-corrected chi connectivity index (χ4v) is 1.67. The van der Waals surface area contributed by atoms with E-state index in [0.29, 0.717) is 6.54 Å². The topological polar surface area (TPSA) is 64.3 Å². The second kappa shape index (κ2) is 6.68. The van der Waals surface area contributed by atoms with Gasteiger partial charge in [-0.15, -0.1) is 0 Å².